The molecule has 0 aliphatic rings. The molecular weight excluding hydrogens is 254 g/mol. The van der Waals surface area contributed by atoms with Crippen molar-refractivity contribution >= 4 is 32.8 Å². The van der Waals surface area contributed by atoms with E-state index in [0.29, 0.717) is 5.15 Å². The van der Waals surface area contributed by atoms with Crippen molar-refractivity contribution in [2.24, 2.45) is 0 Å². The molecule has 0 fully saturated rings. The minimum atomic E-state index is -1.01. The van der Waals surface area contributed by atoms with E-state index in [1.165, 1.54) is 6.33 Å². The molecule has 2 aromatic heterocycles. The van der Waals surface area contributed by atoms with Crippen LogP contribution in [0.3, 0.4) is 0 Å². The van der Waals surface area contributed by atoms with Crippen LogP contribution in [-0.2, 0) is 0 Å². The number of hydrogen-bond acceptors (Lipinski definition) is 2. The predicted molar refractivity (Wildman–Crippen MR) is 77.1 cm³/mol. The Morgan fingerprint density at radius 1 is 1.24 bits per heavy atom. The Morgan fingerprint density at radius 3 is 2.47 bits per heavy atom. The Balaban J connectivity index is 2.69. The summed E-state index contributed by atoms with van der Waals surface area (Å²) in [6.45, 7) is 6.78. The maximum absolute atomic E-state index is 6.08. The van der Waals surface area contributed by atoms with Crippen LogP contribution < -0.4 is 0 Å². The summed E-state index contributed by atoms with van der Waals surface area (Å²) < 4.78 is 2.46. The van der Waals surface area contributed by atoms with E-state index in [1.807, 2.05) is 6.07 Å². The summed E-state index contributed by atoms with van der Waals surface area (Å²) in [7, 11) is -1.01. The van der Waals surface area contributed by atoms with Crippen molar-refractivity contribution in [2.75, 3.05) is 12.5 Å². The van der Waals surface area contributed by atoms with E-state index in [-0.39, 0.29) is 4.75 Å². The summed E-state index contributed by atoms with van der Waals surface area (Å²) >= 11 is 6.08. The van der Waals surface area contributed by atoms with Gasteiger partial charge in [0, 0.05) is 10.9 Å². The summed E-state index contributed by atoms with van der Waals surface area (Å²) in [6, 6.07) is 2.00. The van der Waals surface area contributed by atoms with Crippen molar-refractivity contribution < 1.29 is 0 Å². The third-order valence-electron chi connectivity index (χ3n) is 3.39. The fourth-order valence-corrected chi connectivity index (χ4v) is 3.28. The third-order valence-corrected chi connectivity index (χ3v) is 7.97. The van der Waals surface area contributed by atoms with Crippen LogP contribution in [0.25, 0.3) is 11.0 Å². The standard InChI is InChI=1S/C12H18ClN3S/c1-12(2,3)17(4,5)16-7-6-9-10(13)14-8-15-11(9)16/h6-8H,1-5H3. The van der Waals surface area contributed by atoms with Crippen LogP contribution in [0.5, 0.6) is 0 Å². The monoisotopic (exact) mass is 271 g/mol. The summed E-state index contributed by atoms with van der Waals surface area (Å²) in [5.74, 6) is 0. The summed E-state index contributed by atoms with van der Waals surface area (Å²) in [6.07, 6.45) is 8.19. The molecule has 2 heterocycles. The van der Waals surface area contributed by atoms with Crippen LogP contribution in [0.2, 0.25) is 5.15 Å². The average Bonchev–Trinajstić information content (AvgIpc) is 2.61. The van der Waals surface area contributed by atoms with Gasteiger partial charge in [-0.25, -0.2) is 9.97 Å². The van der Waals surface area contributed by atoms with Crippen LogP contribution in [0.15, 0.2) is 18.6 Å². The molecule has 5 heteroatoms. The van der Waals surface area contributed by atoms with E-state index in [2.05, 4.69) is 53.4 Å². The molecule has 2 aromatic rings. The highest BCUT2D eigenvalue weighted by Crippen LogP contribution is 2.55. The summed E-state index contributed by atoms with van der Waals surface area (Å²) in [4.78, 5) is 8.39. The van der Waals surface area contributed by atoms with Gasteiger partial charge in [-0.1, -0.05) is 32.4 Å². The third kappa shape index (κ3) is 1.93. The molecule has 0 unspecified atom stereocenters. The Morgan fingerprint density at radius 2 is 1.88 bits per heavy atom. The lowest BCUT2D eigenvalue weighted by Crippen LogP contribution is -2.28. The minimum absolute atomic E-state index is 0.205. The van der Waals surface area contributed by atoms with Crippen molar-refractivity contribution in [2.45, 2.75) is 25.5 Å². The highest BCUT2D eigenvalue weighted by Gasteiger charge is 2.30. The van der Waals surface area contributed by atoms with Gasteiger partial charge < -0.3 is 0 Å². The van der Waals surface area contributed by atoms with Crippen LogP contribution in [0, 0.1) is 0 Å². The Bertz CT molecular complexity index is 554. The second-order valence-electron chi connectivity index (χ2n) is 5.43. The molecule has 17 heavy (non-hydrogen) atoms. The van der Waals surface area contributed by atoms with Crippen molar-refractivity contribution in [3.05, 3.63) is 23.7 Å². The lowest BCUT2D eigenvalue weighted by Gasteiger charge is -2.45. The largest absolute Gasteiger partial charge is 0.294 e. The number of hydrogen-bond donors (Lipinski definition) is 0. The van der Waals surface area contributed by atoms with E-state index in [9.17, 15) is 0 Å². The minimum Gasteiger partial charge on any atom is -0.294 e. The maximum Gasteiger partial charge on any atom is 0.153 e. The van der Waals surface area contributed by atoms with Gasteiger partial charge in [-0.15, -0.1) is 0 Å². The van der Waals surface area contributed by atoms with Crippen LogP contribution >= 0.6 is 21.8 Å². The summed E-state index contributed by atoms with van der Waals surface area (Å²) in [5.41, 5.74) is 0.930. The van der Waals surface area contributed by atoms with E-state index < -0.39 is 10.2 Å². The average molecular weight is 272 g/mol. The fraction of sp³-hybridized carbons (Fsp3) is 0.500. The Labute approximate surface area is 109 Å². The molecule has 0 saturated carbocycles. The molecule has 2 rings (SSSR count). The Hall–Kier alpha value is -0.740. The first-order valence-electron chi connectivity index (χ1n) is 5.46. The molecule has 0 atom stereocenters. The molecule has 0 aromatic carbocycles. The fourth-order valence-electron chi connectivity index (χ4n) is 1.56. The highest BCUT2D eigenvalue weighted by atomic mass is 35.5. The zero-order chi connectivity index (χ0) is 12.8. The van der Waals surface area contributed by atoms with Crippen LogP contribution in [-0.4, -0.2) is 31.2 Å². The van der Waals surface area contributed by atoms with Crippen LogP contribution in [0.1, 0.15) is 20.8 Å². The van der Waals surface area contributed by atoms with Gasteiger partial charge in [0.2, 0.25) is 0 Å². The van der Waals surface area contributed by atoms with Gasteiger partial charge in [0.05, 0.1) is 5.39 Å². The van der Waals surface area contributed by atoms with Gasteiger partial charge in [-0.2, -0.15) is 10.2 Å². The van der Waals surface area contributed by atoms with Crippen molar-refractivity contribution in [3.63, 3.8) is 0 Å². The second-order valence-corrected chi connectivity index (χ2v) is 9.95. The van der Waals surface area contributed by atoms with E-state index in [1.54, 1.807) is 0 Å². The number of fused-ring (bicyclic) bond motifs is 1. The molecule has 0 spiro atoms. The van der Waals surface area contributed by atoms with Gasteiger partial charge in [-0.05, 0) is 18.6 Å². The van der Waals surface area contributed by atoms with Crippen molar-refractivity contribution in [1.82, 2.24) is 13.9 Å². The zero-order valence-electron chi connectivity index (χ0n) is 10.9. The maximum atomic E-state index is 6.08. The van der Waals surface area contributed by atoms with Gasteiger partial charge in [0.15, 0.2) is 5.65 Å². The molecule has 94 valence electrons. The lowest BCUT2D eigenvalue weighted by atomic mass is 10.3. The first-order valence-corrected chi connectivity index (χ1v) is 8.24. The molecule has 0 bridgehead atoms. The Kier molecular flexibility index (Phi) is 2.91. The quantitative estimate of drug-likeness (QED) is 0.741. The van der Waals surface area contributed by atoms with E-state index >= 15 is 0 Å². The second kappa shape index (κ2) is 3.89. The molecule has 0 aliphatic carbocycles. The van der Waals surface area contributed by atoms with E-state index in [4.69, 9.17) is 11.6 Å². The zero-order valence-corrected chi connectivity index (χ0v) is 12.4. The van der Waals surface area contributed by atoms with Crippen molar-refractivity contribution in [1.29, 1.82) is 0 Å². The summed E-state index contributed by atoms with van der Waals surface area (Å²) in [5, 5.41) is 1.46. The molecule has 0 radical (unpaired) electrons. The predicted octanol–water partition coefficient (Wildman–Crippen LogP) is 3.71. The SMILES string of the molecule is CC(C)(C)S(C)(C)n1ccc2c(Cl)ncnc21. The molecule has 3 nitrogen and oxygen atoms in total. The molecular formula is C12H18ClN3S. The smallest absolute Gasteiger partial charge is 0.153 e. The van der Waals surface area contributed by atoms with Crippen molar-refractivity contribution in [3.8, 4) is 0 Å². The first-order chi connectivity index (χ1) is 7.75. The number of halogens is 1. The first kappa shape index (κ1) is 12.7. The van der Waals surface area contributed by atoms with Gasteiger partial charge in [-0.3, -0.25) is 3.97 Å². The highest BCUT2D eigenvalue weighted by molar-refractivity contribution is 8.32. The lowest BCUT2D eigenvalue weighted by molar-refractivity contribution is 0.779. The van der Waals surface area contributed by atoms with Gasteiger partial charge >= 0.3 is 0 Å². The number of aromatic nitrogens is 3. The molecule has 0 amide bonds. The molecule has 0 N–H and O–H groups in total. The van der Waals surface area contributed by atoms with E-state index in [0.717, 1.165) is 11.0 Å². The number of rotatable bonds is 1. The van der Waals surface area contributed by atoms with Gasteiger partial charge in [0.1, 0.15) is 11.5 Å². The topological polar surface area (TPSA) is 30.7 Å². The van der Waals surface area contributed by atoms with Crippen LogP contribution in [0.4, 0.5) is 0 Å². The number of nitrogens with zero attached hydrogens (tertiary/aromatic N) is 3. The normalized spacial score (nSPS) is 14.2. The molecule has 0 aliphatic heterocycles. The van der Waals surface area contributed by atoms with Gasteiger partial charge in [0.25, 0.3) is 0 Å². The molecule has 0 saturated heterocycles.